The van der Waals surface area contributed by atoms with Gasteiger partial charge in [-0.2, -0.15) is 0 Å². The van der Waals surface area contributed by atoms with E-state index in [1.165, 1.54) is 0 Å². The molecule has 1 fully saturated rings. The van der Waals surface area contributed by atoms with Crippen molar-refractivity contribution in [3.8, 4) is 0 Å². The van der Waals surface area contributed by atoms with Crippen LogP contribution in [0.1, 0.15) is 48.8 Å². The molecule has 2 N–H and O–H groups in total. The Bertz CT molecular complexity index is 441. The van der Waals surface area contributed by atoms with Crippen LogP contribution in [0, 0.1) is 0 Å². The molecule has 1 atom stereocenters. The molecule has 1 saturated heterocycles. The van der Waals surface area contributed by atoms with E-state index in [1.807, 2.05) is 0 Å². The van der Waals surface area contributed by atoms with Gasteiger partial charge in [-0.3, -0.25) is 0 Å². The number of carbonyl (C=O) groups is 1. The lowest BCUT2D eigenvalue weighted by Crippen LogP contribution is -2.15. The van der Waals surface area contributed by atoms with E-state index in [9.17, 15) is 4.79 Å². The quantitative estimate of drug-likeness (QED) is 0.746. The Morgan fingerprint density at radius 3 is 3.10 bits per heavy atom. The zero-order valence-corrected chi connectivity index (χ0v) is 11.9. The van der Waals surface area contributed by atoms with Crippen LogP contribution in [0.2, 0.25) is 0 Å². The summed E-state index contributed by atoms with van der Waals surface area (Å²) in [7, 11) is 0. The minimum absolute atomic E-state index is 0.223. The first kappa shape index (κ1) is 14.9. The van der Waals surface area contributed by atoms with Gasteiger partial charge in [0.25, 0.3) is 0 Å². The highest BCUT2D eigenvalue weighted by molar-refractivity contribution is 5.88. The van der Waals surface area contributed by atoms with Gasteiger partial charge in [-0.1, -0.05) is 5.21 Å². The first-order valence-corrected chi connectivity index (χ1v) is 7.17. The summed E-state index contributed by atoms with van der Waals surface area (Å²) in [5.41, 5.74) is 6.55. The highest BCUT2D eigenvalue weighted by Crippen LogP contribution is 2.17. The van der Waals surface area contributed by atoms with Crippen molar-refractivity contribution in [3.05, 3.63) is 11.4 Å². The van der Waals surface area contributed by atoms with Gasteiger partial charge in [0.2, 0.25) is 0 Å². The van der Waals surface area contributed by atoms with Crippen LogP contribution in [0.3, 0.4) is 0 Å². The topological polar surface area (TPSA) is 92.3 Å². The van der Waals surface area contributed by atoms with Crippen molar-refractivity contribution in [1.29, 1.82) is 0 Å². The Labute approximate surface area is 118 Å². The third kappa shape index (κ3) is 3.55. The van der Waals surface area contributed by atoms with Gasteiger partial charge < -0.3 is 15.2 Å². The zero-order chi connectivity index (χ0) is 14.4. The number of esters is 1. The summed E-state index contributed by atoms with van der Waals surface area (Å²) in [6.07, 6.45) is 4.58. The van der Waals surface area contributed by atoms with Crippen LogP contribution in [0.4, 0.5) is 0 Å². The van der Waals surface area contributed by atoms with E-state index in [4.69, 9.17) is 15.2 Å². The zero-order valence-electron chi connectivity index (χ0n) is 11.9. The van der Waals surface area contributed by atoms with Crippen LogP contribution >= 0.6 is 0 Å². The second-order valence-electron chi connectivity index (χ2n) is 4.81. The molecule has 112 valence electrons. The number of nitrogens with two attached hydrogens (primary N) is 1. The summed E-state index contributed by atoms with van der Waals surface area (Å²) >= 11 is 0. The first-order valence-electron chi connectivity index (χ1n) is 7.17. The third-order valence-corrected chi connectivity index (χ3v) is 3.42. The second-order valence-corrected chi connectivity index (χ2v) is 4.81. The molecule has 0 aliphatic carbocycles. The van der Waals surface area contributed by atoms with Gasteiger partial charge in [-0.25, -0.2) is 9.48 Å². The summed E-state index contributed by atoms with van der Waals surface area (Å²) in [5.74, 6) is -0.460. The van der Waals surface area contributed by atoms with E-state index in [0.29, 0.717) is 24.9 Å². The average Bonchev–Trinajstić information content (AvgIpc) is 3.08. The molecule has 7 heteroatoms. The Morgan fingerprint density at radius 2 is 2.45 bits per heavy atom. The molecule has 0 spiro atoms. The van der Waals surface area contributed by atoms with Crippen LogP contribution in [-0.4, -0.2) is 40.3 Å². The molecule has 20 heavy (non-hydrogen) atoms. The molecule has 0 bridgehead atoms. The second kappa shape index (κ2) is 7.35. The number of nitrogens with zero attached hydrogens (tertiary/aromatic N) is 3. The Balaban J connectivity index is 1.91. The minimum atomic E-state index is -0.460. The molecular weight excluding hydrogens is 260 g/mol. The maximum absolute atomic E-state index is 11.7. The first-order chi connectivity index (χ1) is 9.76. The van der Waals surface area contributed by atoms with Gasteiger partial charge in [-0.05, 0) is 32.6 Å². The van der Waals surface area contributed by atoms with Crippen molar-refractivity contribution in [2.24, 2.45) is 5.73 Å². The van der Waals surface area contributed by atoms with E-state index in [2.05, 4.69) is 10.3 Å². The maximum Gasteiger partial charge on any atom is 0.360 e. The Hall–Kier alpha value is -1.47. The van der Waals surface area contributed by atoms with E-state index >= 15 is 0 Å². The van der Waals surface area contributed by atoms with Crippen LogP contribution < -0.4 is 5.73 Å². The van der Waals surface area contributed by atoms with Gasteiger partial charge in [-0.15, -0.1) is 5.10 Å². The Kier molecular flexibility index (Phi) is 5.49. The van der Waals surface area contributed by atoms with Crippen molar-refractivity contribution >= 4 is 5.97 Å². The van der Waals surface area contributed by atoms with Crippen molar-refractivity contribution in [3.63, 3.8) is 0 Å². The number of aromatic nitrogens is 3. The lowest BCUT2D eigenvalue weighted by Gasteiger charge is -2.09. The van der Waals surface area contributed by atoms with Crippen LogP contribution in [0.5, 0.6) is 0 Å². The molecule has 1 aromatic heterocycles. The van der Waals surface area contributed by atoms with Crippen molar-refractivity contribution < 1.29 is 14.3 Å². The molecule has 0 radical (unpaired) electrons. The highest BCUT2D eigenvalue weighted by atomic mass is 16.5. The predicted molar refractivity (Wildman–Crippen MR) is 72.1 cm³/mol. The van der Waals surface area contributed by atoms with E-state index in [-0.39, 0.29) is 12.2 Å². The lowest BCUT2D eigenvalue weighted by atomic mass is 10.1. The normalized spacial score (nSPS) is 18.4. The van der Waals surface area contributed by atoms with Crippen molar-refractivity contribution in [1.82, 2.24) is 15.0 Å². The number of hydrogen-bond acceptors (Lipinski definition) is 6. The Morgan fingerprint density at radius 1 is 1.60 bits per heavy atom. The van der Waals surface area contributed by atoms with Gasteiger partial charge in [0.15, 0.2) is 5.69 Å². The molecular formula is C13H22N4O3. The number of ether oxygens (including phenoxy) is 2. The molecule has 1 aliphatic heterocycles. The fraction of sp³-hybridized carbons (Fsp3) is 0.769. The third-order valence-electron chi connectivity index (χ3n) is 3.42. The summed E-state index contributed by atoms with van der Waals surface area (Å²) < 4.78 is 12.2. The van der Waals surface area contributed by atoms with Gasteiger partial charge in [0, 0.05) is 19.7 Å². The predicted octanol–water partition coefficient (Wildman–Crippen LogP) is 0.873. The van der Waals surface area contributed by atoms with Crippen LogP contribution in [0.25, 0.3) is 0 Å². The minimum Gasteiger partial charge on any atom is -0.461 e. The number of hydrogen-bond donors (Lipinski definition) is 1. The van der Waals surface area contributed by atoms with E-state index < -0.39 is 5.97 Å². The summed E-state index contributed by atoms with van der Waals surface area (Å²) in [6.45, 7) is 3.86. The van der Waals surface area contributed by atoms with Gasteiger partial charge in [0.05, 0.1) is 18.4 Å². The monoisotopic (exact) mass is 282 g/mol. The summed E-state index contributed by atoms with van der Waals surface area (Å²) in [4.78, 5) is 11.7. The standard InChI is InChI=1S/C13H22N4O3/c1-2-19-13(18)12-11(9-14)17(16-15-12)7-3-5-10-6-4-8-20-10/h10H,2-9,14H2,1H3. The molecule has 7 nitrogen and oxygen atoms in total. The maximum atomic E-state index is 11.7. The molecule has 2 rings (SSSR count). The fourth-order valence-electron chi connectivity index (χ4n) is 2.41. The van der Waals surface area contributed by atoms with Gasteiger partial charge >= 0.3 is 5.97 Å². The van der Waals surface area contributed by atoms with Crippen molar-refractivity contribution in [2.75, 3.05) is 13.2 Å². The molecule has 1 aromatic rings. The smallest absolute Gasteiger partial charge is 0.360 e. The van der Waals surface area contributed by atoms with Crippen LogP contribution in [0.15, 0.2) is 0 Å². The summed E-state index contributed by atoms with van der Waals surface area (Å²) in [6, 6.07) is 0. The molecule has 0 aromatic carbocycles. The molecule has 1 unspecified atom stereocenters. The van der Waals surface area contributed by atoms with Crippen LogP contribution in [-0.2, 0) is 22.6 Å². The number of carbonyl (C=O) groups excluding carboxylic acids is 1. The van der Waals surface area contributed by atoms with E-state index in [0.717, 1.165) is 32.3 Å². The molecule has 0 saturated carbocycles. The highest BCUT2D eigenvalue weighted by Gasteiger charge is 2.20. The molecule has 2 heterocycles. The summed E-state index contributed by atoms with van der Waals surface area (Å²) in [5, 5.41) is 7.88. The molecule has 1 aliphatic rings. The number of aryl methyl sites for hydroxylation is 1. The fourth-order valence-corrected chi connectivity index (χ4v) is 2.41. The SMILES string of the molecule is CCOC(=O)c1nnn(CCCC2CCCO2)c1CN. The lowest BCUT2D eigenvalue weighted by molar-refractivity contribution is 0.0518. The average molecular weight is 282 g/mol. The van der Waals surface area contributed by atoms with Crippen molar-refractivity contribution in [2.45, 2.75) is 51.8 Å². The number of rotatable bonds is 7. The van der Waals surface area contributed by atoms with E-state index in [1.54, 1.807) is 11.6 Å². The largest absolute Gasteiger partial charge is 0.461 e. The van der Waals surface area contributed by atoms with Gasteiger partial charge in [0.1, 0.15) is 0 Å². The molecule has 0 amide bonds.